The Bertz CT molecular complexity index is 1810. The van der Waals surface area contributed by atoms with E-state index in [0.29, 0.717) is 40.4 Å². The maximum atomic E-state index is 14.3. The fourth-order valence-corrected chi connectivity index (χ4v) is 6.80. The van der Waals surface area contributed by atoms with Gasteiger partial charge in [-0.15, -0.1) is 0 Å². The number of ether oxygens (including phenoxy) is 4. The van der Waals surface area contributed by atoms with Crippen LogP contribution >= 0.6 is 0 Å². The first-order valence-electron chi connectivity index (χ1n) is 18.2. The molecule has 2 aliphatic rings. The molecular weight excluding hydrogens is 721 g/mol. The van der Waals surface area contributed by atoms with Crippen LogP contribution in [0.25, 0.3) is 0 Å². The molecule has 4 amide bonds. The van der Waals surface area contributed by atoms with Gasteiger partial charge >= 0.3 is 24.3 Å². The Morgan fingerprint density at radius 3 is 2.05 bits per heavy atom. The average molecular weight is 769 g/mol. The number of benzene rings is 2. The monoisotopic (exact) mass is 768 g/mol. The summed E-state index contributed by atoms with van der Waals surface area (Å²) >= 11 is 0. The lowest BCUT2D eigenvalue weighted by atomic mass is 9.82. The van der Waals surface area contributed by atoms with Crippen molar-refractivity contribution in [3.05, 3.63) is 83.6 Å². The molecule has 0 spiro atoms. The molecule has 15 heteroatoms. The molecule has 1 saturated heterocycles. The molecule has 55 heavy (non-hydrogen) atoms. The highest BCUT2D eigenvalue weighted by Gasteiger charge is 2.57. The summed E-state index contributed by atoms with van der Waals surface area (Å²) < 4.78 is 64.5. The lowest BCUT2D eigenvalue weighted by molar-refractivity contribution is -0.175. The Kier molecular flexibility index (Phi) is 12.9. The third kappa shape index (κ3) is 10.5. The van der Waals surface area contributed by atoms with Gasteiger partial charge in [-0.25, -0.2) is 24.3 Å². The van der Waals surface area contributed by atoms with Crippen LogP contribution in [-0.2, 0) is 38.6 Å². The molecule has 1 aliphatic carbocycles. The van der Waals surface area contributed by atoms with Crippen LogP contribution in [0.15, 0.2) is 66.9 Å². The van der Waals surface area contributed by atoms with Crippen molar-refractivity contribution in [3.63, 3.8) is 0 Å². The van der Waals surface area contributed by atoms with E-state index in [1.165, 1.54) is 25.3 Å². The number of urea groups is 1. The summed E-state index contributed by atoms with van der Waals surface area (Å²) in [7, 11) is 3.04. The summed E-state index contributed by atoms with van der Waals surface area (Å²) in [5.41, 5.74) is 0.950. The van der Waals surface area contributed by atoms with E-state index in [4.69, 9.17) is 18.9 Å². The van der Waals surface area contributed by atoms with Crippen molar-refractivity contribution >= 4 is 29.8 Å². The Hall–Kier alpha value is -5.34. The third-order valence-corrected chi connectivity index (χ3v) is 9.62. The van der Waals surface area contributed by atoms with E-state index in [2.05, 4.69) is 4.98 Å². The van der Waals surface area contributed by atoms with Crippen molar-refractivity contribution in [3.8, 4) is 11.5 Å². The van der Waals surface area contributed by atoms with Crippen LogP contribution in [0.2, 0.25) is 0 Å². The van der Waals surface area contributed by atoms with Crippen molar-refractivity contribution in [2.45, 2.75) is 96.3 Å². The average Bonchev–Trinajstić information content (AvgIpc) is 3.15. The van der Waals surface area contributed by atoms with Gasteiger partial charge < -0.3 is 24.3 Å². The standard InChI is InChI=1S/C40H47F3N4O8/c1-39(2,3)55-38(51)46(23-25-11-15-29(52-4)16-12-25)32-22-27(19-20-44-32)21-31-33(36(49)54-24-26-13-17-30(53-5)18-14-26)47(35(31)48)37(50)45-34(40(41,42)43)28-9-7-6-8-10-28/h11-20,22,28,31,33-34H,6-10,21,23-24H2,1-5H3,(H,45,50)/t31-,33+,34+/m1/s1. The number of nitrogens with zero attached hydrogens (tertiary/aromatic N) is 3. The maximum absolute atomic E-state index is 14.3. The summed E-state index contributed by atoms with van der Waals surface area (Å²) in [6.45, 7) is 5.02. The maximum Gasteiger partial charge on any atom is 0.416 e. The number of amides is 4. The zero-order chi connectivity index (χ0) is 39.9. The van der Waals surface area contributed by atoms with Crippen LogP contribution in [-0.4, -0.2) is 72.0 Å². The van der Waals surface area contributed by atoms with Gasteiger partial charge in [0.05, 0.1) is 26.7 Å². The van der Waals surface area contributed by atoms with Crippen LogP contribution in [0.5, 0.6) is 11.5 Å². The number of imide groups is 1. The quantitative estimate of drug-likeness (QED) is 0.148. The number of anilines is 1. The van der Waals surface area contributed by atoms with Crippen molar-refractivity contribution in [2.75, 3.05) is 19.1 Å². The summed E-state index contributed by atoms with van der Waals surface area (Å²) in [4.78, 5) is 60.6. The highest BCUT2D eigenvalue weighted by atomic mass is 19.4. The van der Waals surface area contributed by atoms with Crippen LogP contribution in [0, 0.1) is 11.8 Å². The SMILES string of the molecule is COc1ccc(COC(=O)[C@@H]2[C@@H](Cc3ccnc(N(Cc4ccc(OC)cc4)C(=O)OC(C)(C)C)c3)C(=O)N2C(=O)N[C@@H](C2CCCCC2)C(F)(F)F)cc1. The number of carbonyl (C=O) groups excluding carboxylic acids is 4. The summed E-state index contributed by atoms with van der Waals surface area (Å²) in [5, 5.41) is 2.04. The molecule has 2 aromatic carbocycles. The molecule has 3 atom stereocenters. The van der Waals surface area contributed by atoms with Crippen molar-refractivity contribution < 1.29 is 51.3 Å². The van der Waals surface area contributed by atoms with Gasteiger partial charge in [-0.05, 0) is 99.0 Å². The van der Waals surface area contributed by atoms with E-state index < -0.39 is 59.7 Å². The Balaban J connectivity index is 1.40. The molecule has 296 valence electrons. The van der Waals surface area contributed by atoms with Crippen molar-refractivity contribution in [2.24, 2.45) is 11.8 Å². The lowest BCUT2D eigenvalue weighted by Gasteiger charge is -2.44. The number of carbonyl (C=O) groups is 4. The van der Waals surface area contributed by atoms with Crippen LogP contribution in [0.4, 0.5) is 28.6 Å². The van der Waals surface area contributed by atoms with Crippen molar-refractivity contribution in [1.29, 1.82) is 0 Å². The Labute approximate surface area is 318 Å². The smallest absolute Gasteiger partial charge is 0.416 e. The zero-order valence-electron chi connectivity index (χ0n) is 31.6. The lowest BCUT2D eigenvalue weighted by Crippen LogP contribution is -2.70. The topological polar surface area (TPSA) is 137 Å². The molecule has 5 rings (SSSR count). The first kappa shape index (κ1) is 40.8. The van der Waals surface area contributed by atoms with Crippen LogP contribution in [0.3, 0.4) is 0 Å². The molecule has 1 aliphatic heterocycles. The van der Waals surface area contributed by atoms with E-state index >= 15 is 0 Å². The van der Waals surface area contributed by atoms with Gasteiger partial charge in [0.1, 0.15) is 35.6 Å². The molecule has 0 unspecified atom stereocenters. The predicted molar refractivity (Wildman–Crippen MR) is 195 cm³/mol. The van der Waals surface area contributed by atoms with Crippen LogP contribution < -0.4 is 19.7 Å². The molecule has 1 N–H and O–H groups in total. The molecular formula is C40H47F3N4O8. The van der Waals surface area contributed by atoms with Gasteiger partial charge in [0.15, 0.2) is 6.04 Å². The highest BCUT2D eigenvalue weighted by molar-refractivity contribution is 6.08. The molecule has 2 fully saturated rings. The minimum absolute atomic E-state index is 0.0628. The molecule has 12 nitrogen and oxygen atoms in total. The first-order valence-corrected chi connectivity index (χ1v) is 18.2. The van der Waals surface area contributed by atoms with E-state index in [-0.39, 0.29) is 38.2 Å². The fourth-order valence-electron chi connectivity index (χ4n) is 6.80. The third-order valence-electron chi connectivity index (χ3n) is 9.62. The van der Waals surface area contributed by atoms with Gasteiger partial charge in [-0.1, -0.05) is 43.5 Å². The molecule has 2 heterocycles. The fraction of sp³-hybridized carbons (Fsp3) is 0.475. The highest BCUT2D eigenvalue weighted by Crippen LogP contribution is 2.37. The summed E-state index contributed by atoms with van der Waals surface area (Å²) in [6, 6.07) is 11.8. The van der Waals surface area contributed by atoms with Gasteiger partial charge in [-0.2, -0.15) is 13.2 Å². The minimum atomic E-state index is -4.77. The number of aromatic nitrogens is 1. The largest absolute Gasteiger partial charge is 0.497 e. The molecule has 0 radical (unpaired) electrons. The number of halogens is 3. The number of alkyl halides is 3. The number of nitrogens with one attached hydrogen (secondary N) is 1. The van der Waals surface area contributed by atoms with E-state index in [1.807, 2.05) is 5.32 Å². The van der Waals surface area contributed by atoms with E-state index in [1.54, 1.807) is 81.4 Å². The Morgan fingerprint density at radius 2 is 1.49 bits per heavy atom. The first-order chi connectivity index (χ1) is 26.1. The number of pyridine rings is 1. The number of β-lactam (4-membered cyclic amide) rings is 1. The van der Waals surface area contributed by atoms with Gasteiger partial charge in [-0.3, -0.25) is 9.69 Å². The number of esters is 1. The molecule has 1 aromatic heterocycles. The normalized spacial score (nSPS) is 18.1. The van der Waals surface area contributed by atoms with Gasteiger partial charge in [0.25, 0.3) is 0 Å². The van der Waals surface area contributed by atoms with Gasteiger partial charge in [0, 0.05) is 6.20 Å². The Morgan fingerprint density at radius 1 is 0.891 bits per heavy atom. The predicted octanol–water partition coefficient (Wildman–Crippen LogP) is 7.37. The second kappa shape index (κ2) is 17.4. The number of hydrogen-bond donors (Lipinski definition) is 1. The summed E-state index contributed by atoms with van der Waals surface area (Å²) in [5.74, 6) is -2.43. The van der Waals surface area contributed by atoms with E-state index in [9.17, 15) is 32.3 Å². The minimum Gasteiger partial charge on any atom is -0.497 e. The van der Waals surface area contributed by atoms with E-state index in [0.717, 1.165) is 12.0 Å². The number of hydrogen-bond acceptors (Lipinski definition) is 9. The molecule has 3 aromatic rings. The number of likely N-dealkylation sites (tertiary alicyclic amines) is 1. The van der Waals surface area contributed by atoms with Crippen molar-refractivity contribution in [1.82, 2.24) is 15.2 Å². The van der Waals surface area contributed by atoms with Crippen LogP contribution in [0.1, 0.15) is 69.6 Å². The second-order valence-corrected chi connectivity index (χ2v) is 14.7. The molecule has 0 bridgehead atoms. The number of methoxy groups -OCH3 is 2. The zero-order valence-corrected chi connectivity index (χ0v) is 31.6. The second-order valence-electron chi connectivity index (χ2n) is 14.7. The summed E-state index contributed by atoms with van der Waals surface area (Å²) in [6.07, 6.45) is -1.60. The van der Waals surface area contributed by atoms with Gasteiger partial charge in [0.2, 0.25) is 5.91 Å². The number of rotatable bonds is 12. The molecule has 1 saturated carbocycles.